The van der Waals surface area contributed by atoms with Gasteiger partial charge >= 0.3 is 0 Å². The Balaban J connectivity index is 1.77. The molecule has 1 unspecified atom stereocenters. The lowest BCUT2D eigenvalue weighted by Crippen LogP contribution is -2.38. The molecule has 168 valence electrons. The topological polar surface area (TPSA) is 71.5 Å². The highest BCUT2D eigenvalue weighted by Gasteiger charge is 2.26. The molecule has 1 aliphatic heterocycles. The van der Waals surface area contributed by atoms with Crippen LogP contribution in [0, 0.1) is 0 Å². The summed E-state index contributed by atoms with van der Waals surface area (Å²) in [7, 11) is 4.79. The Labute approximate surface area is 184 Å². The van der Waals surface area contributed by atoms with Gasteiger partial charge in [0.1, 0.15) is 6.23 Å². The summed E-state index contributed by atoms with van der Waals surface area (Å²) in [4.78, 5) is 15.8. The fourth-order valence-corrected chi connectivity index (χ4v) is 3.98. The van der Waals surface area contributed by atoms with Gasteiger partial charge in [-0.1, -0.05) is 30.3 Å². The van der Waals surface area contributed by atoms with Gasteiger partial charge in [-0.2, -0.15) is 0 Å². The molecule has 1 heterocycles. The van der Waals surface area contributed by atoms with Gasteiger partial charge in [0.2, 0.25) is 11.7 Å². The maximum Gasteiger partial charge on any atom is 0.224 e. The zero-order chi connectivity index (χ0) is 22.2. The van der Waals surface area contributed by atoms with Gasteiger partial charge in [0, 0.05) is 39.0 Å². The molecule has 0 aromatic heterocycles. The van der Waals surface area contributed by atoms with Gasteiger partial charge in [-0.05, 0) is 29.7 Å². The number of carbonyl (C=O) groups excluding carboxylic acids is 1. The van der Waals surface area contributed by atoms with Crippen LogP contribution in [0.4, 0.5) is 0 Å². The highest BCUT2D eigenvalue weighted by molar-refractivity contribution is 5.78. The van der Waals surface area contributed by atoms with E-state index >= 15 is 0 Å². The van der Waals surface area contributed by atoms with E-state index in [1.54, 1.807) is 26.2 Å². The molecule has 1 amide bonds. The first-order valence-electron chi connectivity index (χ1n) is 10.6. The van der Waals surface area contributed by atoms with Crippen molar-refractivity contribution < 1.29 is 24.1 Å². The first kappa shape index (κ1) is 22.9. The van der Waals surface area contributed by atoms with E-state index < -0.39 is 6.23 Å². The number of ether oxygens (including phenoxy) is 3. The summed E-state index contributed by atoms with van der Waals surface area (Å²) in [5.41, 5.74) is 2.19. The number of amides is 1. The first-order valence-corrected chi connectivity index (χ1v) is 10.6. The third-order valence-electron chi connectivity index (χ3n) is 5.55. The van der Waals surface area contributed by atoms with Gasteiger partial charge in [0.25, 0.3) is 0 Å². The number of aliphatic hydroxyl groups is 1. The largest absolute Gasteiger partial charge is 0.493 e. The molecule has 2 aromatic carbocycles. The number of rotatable bonds is 11. The minimum atomic E-state index is -0.756. The van der Waals surface area contributed by atoms with Crippen LogP contribution in [0.15, 0.2) is 42.5 Å². The molecule has 2 aromatic rings. The van der Waals surface area contributed by atoms with Gasteiger partial charge in [-0.25, -0.2) is 0 Å². The number of nitrogens with zero attached hydrogens (tertiary/aromatic N) is 2. The second-order valence-electron chi connectivity index (χ2n) is 7.69. The van der Waals surface area contributed by atoms with Gasteiger partial charge in [-0.15, -0.1) is 0 Å². The van der Waals surface area contributed by atoms with Crippen molar-refractivity contribution in [2.45, 2.75) is 38.6 Å². The lowest BCUT2D eigenvalue weighted by atomic mass is 10.1. The predicted molar refractivity (Wildman–Crippen MR) is 118 cm³/mol. The third-order valence-corrected chi connectivity index (χ3v) is 5.55. The molecule has 7 heteroatoms. The van der Waals surface area contributed by atoms with E-state index in [2.05, 4.69) is 17.0 Å². The van der Waals surface area contributed by atoms with Crippen molar-refractivity contribution in [2.24, 2.45) is 0 Å². The highest BCUT2D eigenvalue weighted by Crippen LogP contribution is 2.38. The molecule has 1 N–H and O–H groups in total. The second-order valence-corrected chi connectivity index (χ2v) is 7.69. The van der Waals surface area contributed by atoms with E-state index in [4.69, 9.17) is 14.2 Å². The van der Waals surface area contributed by atoms with Crippen molar-refractivity contribution in [2.75, 3.05) is 34.4 Å². The van der Waals surface area contributed by atoms with Crippen LogP contribution in [-0.4, -0.2) is 61.5 Å². The quantitative estimate of drug-likeness (QED) is 0.593. The van der Waals surface area contributed by atoms with Crippen molar-refractivity contribution >= 4 is 5.91 Å². The van der Waals surface area contributed by atoms with Gasteiger partial charge in [0.15, 0.2) is 11.5 Å². The normalized spacial score (nSPS) is 14.7. The van der Waals surface area contributed by atoms with Crippen molar-refractivity contribution in [1.82, 2.24) is 9.80 Å². The van der Waals surface area contributed by atoms with Crippen molar-refractivity contribution in [3.05, 3.63) is 53.6 Å². The molecule has 1 saturated heterocycles. The summed E-state index contributed by atoms with van der Waals surface area (Å²) in [6.07, 6.45) is 1.07. The first-order chi connectivity index (χ1) is 15.0. The summed E-state index contributed by atoms with van der Waals surface area (Å²) in [6.45, 7) is 2.62. The Hall–Kier alpha value is -2.77. The Kier molecular flexibility index (Phi) is 8.14. The van der Waals surface area contributed by atoms with E-state index in [0.717, 1.165) is 18.5 Å². The fourth-order valence-electron chi connectivity index (χ4n) is 3.98. The van der Waals surface area contributed by atoms with E-state index in [1.165, 1.54) is 5.56 Å². The number of methoxy groups -OCH3 is 3. The smallest absolute Gasteiger partial charge is 0.224 e. The van der Waals surface area contributed by atoms with Gasteiger partial charge in [-0.3, -0.25) is 9.69 Å². The summed E-state index contributed by atoms with van der Waals surface area (Å²) in [5.74, 6) is 1.82. The minimum Gasteiger partial charge on any atom is -0.493 e. The average molecular weight is 429 g/mol. The van der Waals surface area contributed by atoms with E-state index in [9.17, 15) is 9.90 Å². The molecule has 0 bridgehead atoms. The van der Waals surface area contributed by atoms with Crippen LogP contribution in [0.2, 0.25) is 0 Å². The Morgan fingerprint density at radius 3 is 2.19 bits per heavy atom. The van der Waals surface area contributed by atoms with E-state index in [0.29, 0.717) is 49.7 Å². The summed E-state index contributed by atoms with van der Waals surface area (Å²) in [6, 6.07) is 14.1. The van der Waals surface area contributed by atoms with Crippen molar-refractivity contribution in [1.29, 1.82) is 0 Å². The Morgan fingerprint density at radius 1 is 1.00 bits per heavy atom. The van der Waals surface area contributed by atoms with Crippen LogP contribution in [0.3, 0.4) is 0 Å². The number of hydrogen-bond acceptors (Lipinski definition) is 6. The molecular formula is C24H32N2O5. The molecule has 1 aliphatic rings. The molecule has 1 fully saturated rings. The van der Waals surface area contributed by atoms with Crippen LogP contribution in [0.25, 0.3) is 0 Å². The molecule has 0 radical (unpaired) electrons. The fraction of sp³-hybridized carbons (Fsp3) is 0.458. The molecule has 1 atom stereocenters. The number of likely N-dealkylation sites (tertiary alicyclic amines) is 1. The van der Waals surface area contributed by atoms with Gasteiger partial charge < -0.3 is 24.2 Å². The molecule has 0 spiro atoms. The molecule has 31 heavy (non-hydrogen) atoms. The maximum absolute atomic E-state index is 12.0. The summed E-state index contributed by atoms with van der Waals surface area (Å²) >= 11 is 0. The highest BCUT2D eigenvalue weighted by atomic mass is 16.5. The number of hydrogen-bond donors (Lipinski definition) is 1. The van der Waals surface area contributed by atoms with E-state index in [1.807, 2.05) is 30.3 Å². The number of aliphatic hydroxyl groups excluding tert-OH is 1. The molecule has 3 rings (SSSR count). The summed E-state index contributed by atoms with van der Waals surface area (Å²) < 4.78 is 16.4. The number of benzene rings is 2. The lowest BCUT2D eigenvalue weighted by molar-refractivity contribution is -0.136. The minimum absolute atomic E-state index is 0.0340. The van der Waals surface area contributed by atoms with Crippen LogP contribution in [0.5, 0.6) is 17.2 Å². The molecule has 0 saturated carbocycles. The van der Waals surface area contributed by atoms with Crippen LogP contribution < -0.4 is 14.2 Å². The zero-order valence-corrected chi connectivity index (χ0v) is 18.5. The average Bonchev–Trinajstić information content (AvgIpc) is 3.23. The zero-order valence-electron chi connectivity index (χ0n) is 18.5. The molecule has 0 aliphatic carbocycles. The second kappa shape index (κ2) is 11.0. The van der Waals surface area contributed by atoms with Crippen molar-refractivity contribution in [3.63, 3.8) is 0 Å². The SMILES string of the molecule is COc1cc(CN(CCC(O)N2CCCC2=O)Cc2ccccc2)cc(OC)c1OC. The molecular weight excluding hydrogens is 396 g/mol. The lowest BCUT2D eigenvalue weighted by Gasteiger charge is -2.28. The standard InChI is InChI=1S/C24H32N2O5/c1-29-20-14-19(15-21(30-2)24(20)31-3)17-25(16-18-8-5-4-6-9-18)13-11-23(28)26-12-7-10-22(26)27/h4-6,8-9,14-15,23,28H,7,10-13,16-17H2,1-3H3. The Morgan fingerprint density at radius 2 is 1.65 bits per heavy atom. The summed E-state index contributed by atoms with van der Waals surface area (Å²) in [5, 5.41) is 10.6. The van der Waals surface area contributed by atoms with E-state index in [-0.39, 0.29) is 5.91 Å². The molecule has 7 nitrogen and oxygen atoms in total. The van der Waals surface area contributed by atoms with Crippen LogP contribution in [-0.2, 0) is 17.9 Å². The monoisotopic (exact) mass is 428 g/mol. The predicted octanol–water partition coefficient (Wildman–Crippen LogP) is 3.05. The van der Waals surface area contributed by atoms with Crippen LogP contribution >= 0.6 is 0 Å². The number of carbonyl (C=O) groups is 1. The van der Waals surface area contributed by atoms with Crippen LogP contribution in [0.1, 0.15) is 30.4 Å². The Bertz CT molecular complexity index is 833. The third kappa shape index (κ3) is 5.89. The van der Waals surface area contributed by atoms with Gasteiger partial charge in [0.05, 0.1) is 21.3 Å². The maximum atomic E-state index is 12.0. The van der Waals surface area contributed by atoms with Crippen molar-refractivity contribution in [3.8, 4) is 17.2 Å².